The lowest BCUT2D eigenvalue weighted by Crippen LogP contribution is -2.05. The summed E-state index contributed by atoms with van der Waals surface area (Å²) in [6.07, 6.45) is 0. The van der Waals surface area contributed by atoms with Gasteiger partial charge in [-0.05, 0) is 48.0 Å². The van der Waals surface area contributed by atoms with Gasteiger partial charge in [-0.3, -0.25) is 0 Å². The number of nitrogens with one attached hydrogen (secondary N) is 1. The molecule has 6 heteroatoms. The zero-order valence-electron chi connectivity index (χ0n) is 9.96. The molecule has 0 aliphatic carbocycles. The first-order chi connectivity index (χ1) is 8.47. The Hall–Kier alpha value is -1.69. The smallest absolute Gasteiger partial charge is 0.139 e. The van der Waals surface area contributed by atoms with E-state index in [2.05, 4.69) is 31.2 Å². The highest BCUT2D eigenvalue weighted by molar-refractivity contribution is 9.10. The van der Waals surface area contributed by atoms with Gasteiger partial charge < -0.3 is 11.1 Å². The zero-order valence-corrected chi connectivity index (χ0v) is 11.5. The standard InChI is InChI=1S/C12H12BrFN4/c1-6-11(15)16-7(2)17-12(6)18-8-3-4-9(13)10(14)5-8/h3-5H,1-2H3,(H3,15,16,17,18). The minimum absolute atomic E-state index is 0.337. The first-order valence-corrected chi connectivity index (χ1v) is 6.09. The Kier molecular flexibility index (Phi) is 3.47. The number of nitrogens with zero attached hydrogens (tertiary/aromatic N) is 2. The van der Waals surface area contributed by atoms with Gasteiger partial charge in [0.2, 0.25) is 0 Å². The lowest BCUT2D eigenvalue weighted by Gasteiger charge is -2.11. The minimum atomic E-state index is -0.337. The van der Waals surface area contributed by atoms with E-state index in [0.717, 1.165) is 5.56 Å². The predicted octanol–water partition coefficient (Wildman–Crippen LogP) is 3.32. The molecule has 0 saturated heterocycles. The molecule has 0 bridgehead atoms. The molecular formula is C12H12BrFN4. The summed E-state index contributed by atoms with van der Waals surface area (Å²) in [7, 11) is 0. The van der Waals surface area contributed by atoms with E-state index in [1.54, 1.807) is 19.1 Å². The molecule has 94 valence electrons. The van der Waals surface area contributed by atoms with Crippen molar-refractivity contribution in [2.75, 3.05) is 11.1 Å². The molecule has 0 unspecified atom stereocenters. The largest absolute Gasteiger partial charge is 0.383 e. The molecule has 1 heterocycles. The van der Waals surface area contributed by atoms with Gasteiger partial charge in [-0.15, -0.1) is 0 Å². The average Bonchev–Trinajstić information content (AvgIpc) is 2.30. The lowest BCUT2D eigenvalue weighted by molar-refractivity contribution is 0.622. The molecule has 4 nitrogen and oxygen atoms in total. The Balaban J connectivity index is 2.36. The van der Waals surface area contributed by atoms with Gasteiger partial charge in [0.05, 0.1) is 4.47 Å². The fourth-order valence-corrected chi connectivity index (χ4v) is 1.73. The third-order valence-corrected chi connectivity index (χ3v) is 3.12. The van der Waals surface area contributed by atoms with E-state index < -0.39 is 0 Å². The van der Waals surface area contributed by atoms with Crippen LogP contribution in [-0.2, 0) is 0 Å². The van der Waals surface area contributed by atoms with Crippen LogP contribution in [0.4, 0.5) is 21.7 Å². The number of nitrogens with two attached hydrogens (primary N) is 1. The van der Waals surface area contributed by atoms with Crippen molar-refractivity contribution < 1.29 is 4.39 Å². The molecule has 1 aromatic heterocycles. The van der Waals surface area contributed by atoms with Gasteiger partial charge in [0.1, 0.15) is 23.3 Å². The van der Waals surface area contributed by atoms with E-state index in [0.29, 0.717) is 27.6 Å². The third kappa shape index (κ3) is 2.59. The van der Waals surface area contributed by atoms with E-state index >= 15 is 0 Å². The second-order valence-corrected chi connectivity index (χ2v) is 4.74. The van der Waals surface area contributed by atoms with Crippen molar-refractivity contribution in [3.8, 4) is 0 Å². The molecule has 2 aromatic rings. The monoisotopic (exact) mass is 310 g/mol. The number of aryl methyl sites for hydroxylation is 1. The Morgan fingerprint density at radius 3 is 2.67 bits per heavy atom. The predicted molar refractivity (Wildman–Crippen MR) is 73.3 cm³/mol. The van der Waals surface area contributed by atoms with Gasteiger partial charge in [-0.25, -0.2) is 14.4 Å². The fourth-order valence-electron chi connectivity index (χ4n) is 1.48. The number of halogens is 2. The van der Waals surface area contributed by atoms with Crippen molar-refractivity contribution in [1.29, 1.82) is 0 Å². The molecule has 18 heavy (non-hydrogen) atoms. The average molecular weight is 311 g/mol. The molecule has 0 fully saturated rings. The van der Waals surface area contributed by atoms with E-state index in [1.807, 2.05) is 6.92 Å². The van der Waals surface area contributed by atoms with Crippen molar-refractivity contribution in [1.82, 2.24) is 9.97 Å². The van der Waals surface area contributed by atoms with Gasteiger partial charge in [-0.1, -0.05) is 0 Å². The highest BCUT2D eigenvalue weighted by atomic mass is 79.9. The van der Waals surface area contributed by atoms with Gasteiger partial charge in [0.25, 0.3) is 0 Å². The van der Waals surface area contributed by atoms with Crippen molar-refractivity contribution >= 4 is 33.3 Å². The minimum Gasteiger partial charge on any atom is -0.383 e. The quantitative estimate of drug-likeness (QED) is 0.893. The molecular weight excluding hydrogens is 299 g/mol. The Morgan fingerprint density at radius 2 is 2.00 bits per heavy atom. The van der Waals surface area contributed by atoms with Crippen molar-refractivity contribution in [2.24, 2.45) is 0 Å². The van der Waals surface area contributed by atoms with Crippen LogP contribution in [0, 0.1) is 19.7 Å². The molecule has 0 amide bonds. The van der Waals surface area contributed by atoms with E-state index in [-0.39, 0.29) is 5.82 Å². The number of hydrogen-bond acceptors (Lipinski definition) is 4. The molecule has 0 atom stereocenters. The van der Waals surface area contributed by atoms with Crippen molar-refractivity contribution in [3.05, 3.63) is 39.9 Å². The maximum atomic E-state index is 13.4. The number of nitrogen functional groups attached to an aromatic ring is 1. The summed E-state index contributed by atoms with van der Waals surface area (Å²) in [5.41, 5.74) is 7.10. The normalized spacial score (nSPS) is 10.4. The second kappa shape index (κ2) is 4.89. The lowest BCUT2D eigenvalue weighted by atomic mass is 10.2. The van der Waals surface area contributed by atoms with Crippen LogP contribution in [0.3, 0.4) is 0 Å². The van der Waals surface area contributed by atoms with Crippen LogP contribution in [0.2, 0.25) is 0 Å². The number of benzene rings is 1. The van der Waals surface area contributed by atoms with Gasteiger partial charge in [0, 0.05) is 11.3 Å². The Morgan fingerprint density at radius 1 is 1.28 bits per heavy atom. The van der Waals surface area contributed by atoms with E-state index in [9.17, 15) is 4.39 Å². The maximum Gasteiger partial charge on any atom is 0.139 e. The third-order valence-electron chi connectivity index (χ3n) is 2.48. The highest BCUT2D eigenvalue weighted by Gasteiger charge is 2.08. The maximum absolute atomic E-state index is 13.4. The summed E-state index contributed by atoms with van der Waals surface area (Å²) in [6.45, 7) is 3.56. The summed E-state index contributed by atoms with van der Waals surface area (Å²) in [5, 5.41) is 3.03. The molecule has 1 aromatic carbocycles. The van der Waals surface area contributed by atoms with Crippen LogP contribution in [0.1, 0.15) is 11.4 Å². The van der Waals surface area contributed by atoms with Crippen LogP contribution in [-0.4, -0.2) is 9.97 Å². The summed E-state index contributed by atoms with van der Waals surface area (Å²) in [6, 6.07) is 4.77. The van der Waals surface area contributed by atoms with Gasteiger partial charge in [0.15, 0.2) is 0 Å². The second-order valence-electron chi connectivity index (χ2n) is 3.88. The molecule has 0 radical (unpaired) electrons. The summed E-state index contributed by atoms with van der Waals surface area (Å²) < 4.78 is 13.8. The van der Waals surface area contributed by atoms with Crippen molar-refractivity contribution in [3.63, 3.8) is 0 Å². The zero-order chi connectivity index (χ0) is 13.3. The molecule has 2 rings (SSSR count). The van der Waals surface area contributed by atoms with Crippen LogP contribution in [0.5, 0.6) is 0 Å². The van der Waals surface area contributed by atoms with Crippen molar-refractivity contribution in [2.45, 2.75) is 13.8 Å². The number of rotatable bonds is 2. The number of hydrogen-bond donors (Lipinski definition) is 2. The van der Waals surface area contributed by atoms with Crippen LogP contribution in [0.15, 0.2) is 22.7 Å². The Bertz CT molecular complexity index is 601. The highest BCUT2D eigenvalue weighted by Crippen LogP contribution is 2.24. The van der Waals surface area contributed by atoms with Crippen LogP contribution in [0.25, 0.3) is 0 Å². The van der Waals surface area contributed by atoms with Crippen LogP contribution < -0.4 is 11.1 Å². The molecule has 0 aliphatic heterocycles. The topological polar surface area (TPSA) is 63.8 Å². The summed E-state index contributed by atoms with van der Waals surface area (Å²) in [5.74, 6) is 1.24. The van der Waals surface area contributed by atoms with Gasteiger partial charge >= 0.3 is 0 Å². The molecule has 0 aliphatic rings. The van der Waals surface area contributed by atoms with E-state index in [1.165, 1.54) is 6.07 Å². The van der Waals surface area contributed by atoms with E-state index in [4.69, 9.17) is 5.73 Å². The first-order valence-electron chi connectivity index (χ1n) is 5.30. The fraction of sp³-hybridized carbons (Fsp3) is 0.167. The molecule has 0 spiro atoms. The summed E-state index contributed by atoms with van der Waals surface area (Å²) >= 11 is 3.10. The summed E-state index contributed by atoms with van der Waals surface area (Å²) in [4.78, 5) is 8.30. The number of aromatic nitrogens is 2. The van der Waals surface area contributed by atoms with Crippen LogP contribution >= 0.6 is 15.9 Å². The molecule has 3 N–H and O–H groups in total. The SMILES string of the molecule is Cc1nc(N)c(C)c(Nc2ccc(Br)c(F)c2)n1. The Labute approximate surface area is 113 Å². The molecule has 0 saturated carbocycles. The first kappa shape index (κ1) is 12.8. The van der Waals surface area contributed by atoms with Gasteiger partial charge in [-0.2, -0.15) is 0 Å². The number of anilines is 3.